The first kappa shape index (κ1) is 13.8. The van der Waals surface area contributed by atoms with Gasteiger partial charge in [0.15, 0.2) is 11.6 Å². The van der Waals surface area contributed by atoms with Crippen molar-refractivity contribution in [2.45, 2.75) is 32.2 Å². The van der Waals surface area contributed by atoms with E-state index in [-0.39, 0.29) is 17.3 Å². The van der Waals surface area contributed by atoms with Crippen LogP contribution in [0.1, 0.15) is 36.5 Å². The maximum absolute atomic E-state index is 13.8. The van der Waals surface area contributed by atoms with E-state index in [4.69, 9.17) is 0 Å². The molecule has 0 saturated heterocycles. The zero-order valence-corrected chi connectivity index (χ0v) is 11.0. The summed E-state index contributed by atoms with van der Waals surface area (Å²) in [7, 11) is 1.13. The van der Waals surface area contributed by atoms with Crippen molar-refractivity contribution in [2.24, 2.45) is 5.92 Å². The van der Waals surface area contributed by atoms with Gasteiger partial charge in [-0.05, 0) is 30.9 Å². The predicted octanol–water partition coefficient (Wildman–Crippen LogP) is 3.35. The molecule has 1 aromatic carbocycles. The normalized spacial score (nSPS) is 21.1. The minimum atomic E-state index is -1.16. The van der Waals surface area contributed by atoms with E-state index in [0.717, 1.165) is 26.4 Å². The molecule has 1 fully saturated rings. The summed E-state index contributed by atoms with van der Waals surface area (Å²) in [6, 6.07) is 2.83. The molecule has 5 heteroatoms. The van der Waals surface area contributed by atoms with Crippen LogP contribution in [0.5, 0.6) is 0 Å². The molecule has 3 nitrogen and oxygen atoms in total. The summed E-state index contributed by atoms with van der Waals surface area (Å²) in [5.41, 5.74) is -0.278. The lowest BCUT2D eigenvalue weighted by molar-refractivity contribution is 0.0594. The largest absolute Gasteiger partial charge is 0.465 e. The fraction of sp³-hybridized carbons (Fsp3) is 0.500. The van der Waals surface area contributed by atoms with E-state index >= 15 is 0 Å². The Morgan fingerprint density at radius 3 is 2.79 bits per heavy atom. The Morgan fingerprint density at radius 2 is 2.16 bits per heavy atom. The van der Waals surface area contributed by atoms with Gasteiger partial charge in [-0.15, -0.1) is 0 Å². The number of nitrogens with one attached hydrogen (secondary N) is 1. The number of anilines is 1. The monoisotopic (exact) mass is 269 g/mol. The van der Waals surface area contributed by atoms with Crippen LogP contribution in [0.3, 0.4) is 0 Å². The van der Waals surface area contributed by atoms with Crippen LogP contribution in [0.2, 0.25) is 0 Å². The molecule has 0 radical (unpaired) electrons. The molecule has 1 N–H and O–H groups in total. The van der Waals surface area contributed by atoms with Gasteiger partial charge in [0, 0.05) is 6.04 Å². The Labute approximate surface area is 111 Å². The summed E-state index contributed by atoms with van der Waals surface area (Å²) in [6.45, 7) is 2.10. The average Bonchev–Trinajstić information content (AvgIpc) is 3.13. The van der Waals surface area contributed by atoms with E-state index < -0.39 is 17.6 Å². The zero-order chi connectivity index (χ0) is 14.0. The summed E-state index contributed by atoms with van der Waals surface area (Å²) < 4.78 is 31.9. The number of halogens is 2. The van der Waals surface area contributed by atoms with E-state index in [0.29, 0.717) is 5.92 Å². The fourth-order valence-corrected chi connectivity index (χ4v) is 2.24. The number of esters is 1. The van der Waals surface area contributed by atoms with Gasteiger partial charge >= 0.3 is 5.97 Å². The predicted molar refractivity (Wildman–Crippen MR) is 68.1 cm³/mol. The number of hydrogen-bond donors (Lipinski definition) is 1. The first-order valence-corrected chi connectivity index (χ1v) is 6.41. The highest BCUT2D eigenvalue weighted by atomic mass is 19.2. The van der Waals surface area contributed by atoms with Crippen LogP contribution in [-0.4, -0.2) is 19.1 Å². The molecule has 0 aliphatic heterocycles. The topological polar surface area (TPSA) is 38.3 Å². The Kier molecular flexibility index (Phi) is 4.02. The van der Waals surface area contributed by atoms with Crippen molar-refractivity contribution in [1.82, 2.24) is 0 Å². The van der Waals surface area contributed by atoms with Crippen molar-refractivity contribution >= 4 is 11.7 Å². The number of carbonyl (C=O) groups is 1. The van der Waals surface area contributed by atoms with E-state index in [1.165, 1.54) is 12.1 Å². The van der Waals surface area contributed by atoms with Crippen LogP contribution in [0.25, 0.3) is 0 Å². The highest BCUT2D eigenvalue weighted by molar-refractivity contribution is 5.90. The van der Waals surface area contributed by atoms with Gasteiger partial charge in [0.1, 0.15) is 0 Å². The number of methoxy groups -OCH3 is 1. The lowest BCUT2D eigenvalue weighted by Crippen LogP contribution is -2.11. The summed E-state index contributed by atoms with van der Waals surface area (Å²) in [5.74, 6) is -2.53. The molecule has 0 aromatic heterocycles. The van der Waals surface area contributed by atoms with Gasteiger partial charge in [-0.1, -0.05) is 13.3 Å². The van der Waals surface area contributed by atoms with Crippen molar-refractivity contribution < 1.29 is 18.3 Å². The fourth-order valence-electron chi connectivity index (χ4n) is 2.24. The van der Waals surface area contributed by atoms with E-state index in [9.17, 15) is 13.6 Å². The van der Waals surface area contributed by atoms with E-state index in [1.807, 2.05) is 0 Å². The first-order valence-electron chi connectivity index (χ1n) is 6.41. The number of rotatable bonds is 5. The third kappa shape index (κ3) is 2.85. The van der Waals surface area contributed by atoms with Crippen LogP contribution < -0.4 is 5.32 Å². The van der Waals surface area contributed by atoms with Gasteiger partial charge in [0.05, 0.1) is 18.4 Å². The molecule has 19 heavy (non-hydrogen) atoms. The second-order valence-corrected chi connectivity index (χ2v) is 4.82. The Bertz CT molecular complexity index is 491. The summed E-state index contributed by atoms with van der Waals surface area (Å²) >= 11 is 0. The van der Waals surface area contributed by atoms with E-state index in [2.05, 4.69) is 17.0 Å². The standard InChI is InChI=1S/C14H17F2NO2/c1-3-4-8-7-11(8)17-10-6-5-9(14(18)19-2)12(15)13(10)16/h5-6,8,11,17H,3-4,7H2,1-2H3. The SMILES string of the molecule is CCCC1CC1Nc1ccc(C(=O)OC)c(F)c1F. The summed E-state index contributed by atoms with van der Waals surface area (Å²) in [5, 5.41) is 2.98. The molecule has 1 aliphatic carbocycles. The minimum Gasteiger partial charge on any atom is -0.465 e. The van der Waals surface area contributed by atoms with Gasteiger partial charge in [-0.25, -0.2) is 13.6 Å². The quantitative estimate of drug-likeness (QED) is 0.833. The molecule has 1 saturated carbocycles. The molecule has 0 spiro atoms. The second-order valence-electron chi connectivity index (χ2n) is 4.82. The van der Waals surface area contributed by atoms with Gasteiger partial charge in [-0.2, -0.15) is 0 Å². The smallest absolute Gasteiger partial charge is 0.340 e. The van der Waals surface area contributed by atoms with Crippen LogP contribution in [0, 0.1) is 17.6 Å². The lowest BCUT2D eigenvalue weighted by Gasteiger charge is -2.09. The second kappa shape index (κ2) is 5.55. The van der Waals surface area contributed by atoms with Crippen LogP contribution in [0.4, 0.5) is 14.5 Å². The number of ether oxygens (including phenoxy) is 1. The average molecular weight is 269 g/mol. The molecular weight excluding hydrogens is 252 g/mol. The molecule has 2 rings (SSSR count). The number of carbonyl (C=O) groups excluding carboxylic acids is 1. The highest BCUT2D eigenvalue weighted by Gasteiger charge is 2.36. The maximum atomic E-state index is 13.8. The molecule has 0 bridgehead atoms. The molecule has 1 aliphatic rings. The summed E-state index contributed by atoms with van der Waals surface area (Å²) in [6.07, 6.45) is 3.15. The van der Waals surface area contributed by atoms with Crippen LogP contribution >= 0.6 is 0 Å². The number of hydrogen-bond acceptors (Lipinski definition) is 3. The van der Waals surface area contributed by atoms with E-state index in [1.54, 1.807) is 0 Å². The van der Waals surface area contributed by atoms with Crippen molar-refractivity contribution in [1.29, 1.82) is 0 Å². The van der Waals surface area contributed by atoms with Crippen LogP contribution in [-0.2, 0) is 4.74 Å². The first-order chi connectivity index (χ1) is 9.08. The molecule has 0 heterocycles. The molecule has 104 valence electrons. The molecular formula is C14H17F2NO2. The molecule has 2 unspecified atom stereocenters. The van der Waals surface area contributed by atoms with Gasteiger partial charge in [0.25, 0.3) is 0 Å². The third-order valence-corrected chi connectivity index (χ3v) is 3.41. The van der Waals surface area contributed by atoms with Crippen molar-refractivity contribution in [3.05, 3.63) is 29.3 Å². The van der Waals surface area contributed by atoms with Gasteiger partial charge < -0.3 is 10.1 Å². The Balaban J connectivity index is 2.11. The lowest BCUT2D eigenvalue weighted by atomic mass is 10.1. The van der Waals surface area contributed by atoms with Crippen molar-refractivity contribution in [3.8, 4) is 0 Å². The third-order valence-electron chi connectivity index (χ3n) is 3.41. The van der Waals surface area contributed by atoms with Gasteiger partial charge in [0.2, 0.25) is 0 Å². The highest BCUT2D eigenvalue weighted by Crippen LogP contribution is 2.38. The van der Waals surface area contributed by atoms with Crippen molar-refractivity contribution in [2.75, 3.05) is 12.4 Å². The zero-order valence-electron chi connectivity index (χ0n) is 11.0. The minimum absolute atomic E-state index is 0.105. The van der Waals surface area contributed by atoms with Gasteiger partial charge in [-0.3, -0.25) is 0 Å². The Hall–Kier alpha value is -1.65. The Morgan fingerprint density at radius 1 is 1.42 bits per heavy atom. The molecule has 2 atom stereocenters. The molecule has 0 amide bonds. The van der Waals surface area contributed by atoms with Crippen LogP contribution in [0.15, 0.2) is 12.1 Å². The number of benzene rings is 1. The van der Waals surface area contributed by atoms with Crippen molar-refractivity contribution in [3.63, 3.8) is 0 Å². The maximum Gasteiger partial charge on any atom is 0.340 e. The molecule has 1 aromatic rings. The summed E-state index contributed by atoms with van der Waals surface area (Å²) in [4.78, 5) is 11.2.